The number of rotatable bonds is 7. The molecule has 9 heteroatoms. The van der Waals surface area contributed by atoms with Crippen molar-refractivity contribution < 1.29 is 26.0 Å². The summed E-state index contributed by atoms with van der Waals surface area (Å²) in [5.41, 5.74) is 3.90. The van der Waals surface area contributed by atoms with Gasteiger partial charge in [0.25, 0.3) is 0 Å². The van der Waals surface area contributed by atoms with Crippen LogP contribution in [0.5, 0.6) is 0 Å². The third kappa shape index (κ3) is 4.92. The first kappa shape index (κ1) is 18.9. The first-order valence-electron chi connectivity index (χ1n) is 6.71. The highest BCUT2D eigenvalue weighted by atomic mass is 32.2. The van der Waals surface area contributed by atoms with Crippen LogP contribution in [0.3, 0.4) is 0 Å². The Bertz CT molecular complexity index is 603. The molecular formula is C13H18F4N2O2S. The molecule has 1 unspecified atom stereocenters. The lowest BCUT2D eigenvalue weighted by Gasteiger charge is -2.19. The molecule has 0 fully saturated rings. The third-order valence-electron chi connectivity index (χ3n) is 3.05. The number of nitrogens with one attached hydrogen (secondary N) is 1. The van der Waals surface area contributed by atoms with Crippen LogP contribution in [0.2, 0.25) is 0 Å². The first-order chi connectivity index (χ1) is 10.1. The molecule has 0 saturated carbocycles. The Hall–Kier alpha value is -1.19. The van der Waals surface area contributed by atoms with Crippen molar-refractivity contribution in [2.24, 2.45) is 5.73 Å². The van der Waals surface area contributed by atoms with E-state index in [0.717, 1.165) is 6.42 Å². The maximum atomic E-state index is 13.0. The van der Waals surface area contributed by atoms with E-state index in [1.807, 2.05) is 6.92 Å². The summed E-state index contributed by atoms with van der Waals surface area (Å²) in [7, 11) is -4.45. The number of unbranched alkanes of at least 4 members (excludes halogenated alkanes) is 1. The predicted molar refractivity (Wildman–Crippen MR) is 74.1 cm³/mol. The number of nitrogens with two attached hydrogens (primary N) is 1. The Morgan fingerprint density at radius 2 is 1.95 bits per heavy atom. The molecule has 0 spiro atoms. The van der Waals surface area contributed by atoms with Gasteiger partial charge in [0, 0.05) is 12.6 Å². The summed E-state index contributed by atoms with van der Waals surface area (Å²) >= 11 is 0. The number of hydrogen-bond acceptors (Lipinski definition) is 3. The third-order valence-corrected chi connectivity index (χ3v) is 4.63. The monoisotopic (exact) mass is 342 g/mol. The lowest BCUT2D eigenvalue weighted by molar-refractivity contribution is -0.140. The quantitative estimate of drug-likeness (QED) is 0.748. The number of hydrogen-bond donors (Lipinski definition) is 2. The summed E-state index contributed by atoms with van der Waals surface area (Å²) in [6.45, 7) is 1.85. The molecule has 0 aliphatic carbocycles. The maximum absolute atomic E-state index is 13.0. The SMILES string of the molecule is CCCCC(CN)NS(=O)(=O)c1ccc(F)cc1C(F)(F)F. The summed E-state index contributed by atoms with van der Waals surface area (Å²) in [5.74, 6) is -1.16. The molecule has 0 amide bonds. The van der Waals surface area contributed by atoms with Crippen molar-refractivity contribution in [1.29, 1.82) is 0 Å². The molecule has 1 aromatic rings. The topological polar surface area (TPSA) is 72.2 Å². The second kappa shape index (κ2) is 7.38. The van der Waals surface area contributed by atoms with Gasteiger partial charge in [-0.25, -0.2) is 17.5 Å². The molecule has 0 aromatic heterocycles. The molecule has 3 N–H and O–H groups in total. The molecule has 0 aliphatic rings. The molecule has 0 aliphatic heterocycles. The fourth-order valence-corrected chi connectivity index (χ4v) is 3.41. The number of alkyl halides is 3. The van der Waals surface area contributed by atoms with Gasteiger partial charge in [-0.2, -0.15) is 13.2 Å². The van der Waals surface area contributed by atoms with E-state index in [2.05, 4.69) is 4.72 Å². The summed E-state index contributed by atoms with van der Waals surface area (Å²) in [6, 6.07) is 0.773. The molecule has 126 valence electrons. The molecule has 0 saturated heterocycles. The van der Waals surface area contributed by atoms with E-state index in [4.69, 9.17) is 5.73 Å². The minimum absolute atomic E-state index is 0.0399. The van der Waals surface area contributed by atoms with Crippen LogP contribution in [0.25, 0.3) is 0 Å². The smallest absolute Gasteiger partial charge is 0.329 e. The van der Waals surface area contributed by atoms with Gasteiger partial charge in [0.15, 0.2) is 0 Å². The van der Waals surface area contributed by atoms with Gasteiger partial charge in [-0.15, -0.1) is 0 Å². The largest absolute Gasteiger partial charge is 0.417 e. The number of halogens is 4. The molecule has 0 bridgehead atoms. The van der Waals surface area contributed by atoms with Gasteiger partial charge in [-0.05, 0) is 24.6 Å². The Kier molecular flexibility index (Phi) is 6.33. The van der Waals surface area contributed by atoms with Crippen molar-refractivity contribution in [2.75, 3.05) is 6.54 Å². The van der Waals surface area contributed by atoms with Gasteiger partial charge >= 0.3 is 6.18 Å². The van der Waals surface area contributed by atoms with Gasteiger partial charge in [-0.3, -0.25) is 0 Å². The minimum atomic E-state index is -4.98. The molecule has 22 heavy (non-hydrogen) atoms. The van der Waals surface area contributed by atoms with E-state index in [1.54, 1.807) is 0 Å². The molecule has 4 nitrogen and oxygen atoms in total. The Morgan fingerprint density at radius 3 is 2.45 bits per heavy atom. The Morgan fingerprint density at radius 1 is 1.32 bits per heavy atom. The Balaban J connectivity index is 3.17. The summed E-state index contributed by atoms with van der Waals surface area (Å²) in [5, 5.41) is 0. The normalized spacial score (nSPS) is 14.1. The van der Waals surface area contributed by atoms with Crippen LogP contribution in [-0.4, -0.2) is 21.0 Å². The zero-order valence-electron chi connectivity index (χ0n) is 12.0. The maximum Gasteiger partial charge on any atom is 0.417 e. The summed E-state index contributed by atoms with van der Waals surface area (Å²) in [4.78, 5) is -1.00. The van der Waals surface area contributed by atoms with Gasteiger partial charge in [-0.1, -0.05) is 19.8 Å². The molecule has 1 rings (SSSR count). The fourth-order valence-electron chi connectivity index (χ4n) is 1.92. The van der Waals surface area contributed by atoms with Crippen LogP contribution >= 0.6 is 0 Å². The van der Waals surface area contributed by atoms with Crippen molar-refractivity contribution in [3.05, 3.63) is 29.6 Å². The molecule has 0 heterocycles. The van der Waals surface area contributed by atoms with Crippen LogP contribution in [-0.2, 0) is 16.2 Å². The second-order valence-corrected chi connectivity index (χ2v) is 6.52. The highest BCUT2D eigenvalue weighted by Gasteiger charge is 2.38. The summed E-state index contributed by atoms with van der Waals surface area (Å²) in [6.07, 6.45) is -3.09. The second-order valence-electron chi connectivity index (χ2n) is 4.83. The van der Waals surface area contributed by atoms with E-state index in [-0.39, 0.29) is 12.6 Å². The highest BCUT2D eigenvalue weighted by Crippen LogP contribution is 2.34. The lowest BCUT2D eigenvalue weighted by Crippen LogP contribution is -2.40. The van der Waals surface area contributed by atoms with Gasteiger partial charge < -0.3 is 5.73 Å². The zero-order valence-corrected chi connectivity index (χ0v) is 12.8. The number of benzene rings is 1. The van der Waals surface area contributed by atoms with E-state index >= 15 is 0 Å². The lowest BCUT2D eigenvalue weighted by atomic mass is 10.1. The standard InChI is InChI=1S/C13H18F4N2O2S/c1-2-3-4-10(8-18)19-22(20,21)12-6-5-9(14)7-11(12)13(15,16)17/h5-7,10,19H,2-4,8,18H2,1H3. The Labute approximate surface area is 126 Å². The average Bonchev–Trinajstić information content (AvgIpc) is 2.42. The van der Waals surface area contributed by atoms with E-state index in [0.29, 0.717) is 25.0 Å². The van der Waals surface area contributed by atoms with Crippen molar-refractivity contribution in [3.8, 4) is 0 Å². The van der Waals surface area contributed by atoms with Crippen molar-refractivity contribution in [1.82, 2.24) is 4.72 Å². The predicted octanol–water partition coefficient (Wildman–Crippen LogP) is 2.64. The molecule has 1 aromatic carbocycles. The molecule has 0 radical (unpaired) electrons. The highest BCUT2D eigenvalue weighted by molar-refractivity contribution is 7.89. The van der Waals surface area contributed by atoms with Crippen LogP contribution in [0, 0.1) is 5.82 Å². The average molecular weight is 342 g/mol. The zero-order chi connectivity index (χ0) is 17.0. The van der Waals surface area contributed by atoms with Crippen LogP contribution in [0.1, 0.15) is 31.7 Å². The van der Waals surface area contributed by atoms with Gasteiger partial charge in [0.1, 0.15) is 5.82 Å². The van der Waals surface area contributed by atoms with Crippen LogP contribution < -0.4 is 10.5 Å². The molecule has 1 atom stereocenters. The van der Waals surface area contributed by atoms with E-state index in [9.17, 15) is 26.0 Å². The van der Waals surface area contributed by atoms with E-state index < -0.39 is 38.5 Å². The number of sulfonamides is 1. The minimum Gasteiger partial charge on any atom is -0.329 e. The van der Waals surface area contributed by atoms with Crippen molar-refractivity contribution in [2.45, 2.75) is 43.3 Å². The fraction of sp³-hybridized carbons (Fsp3) is 0.538. The van der Waals surface area contributed by atoms with Gasteiger partial charge in [0.05, 0.1) is 10.5 Å². The van der Waals surface area contributed by atoms with Crippen LogP contribution in [0.15, 0.2) is 23.1 Å². The van der Waals surface area contributed by atoms with E-state index in [1.165, 1.54) is 0 Å². The first-order valence-corrected chi connectivity index (χ1v) is 8.19. The van der Waals surface area contributed by atoms with Crippen LogP contribution in [0.4, 0.5) is 17.6 Å². The van der Waals surface area contributed by atoms with Crippen molar-refractivity contribution >= 4 is 10.0 Å². The molecular weight excluding hydrogens is 324 g/mol. The van der Waals surface area contributed by atoms with Gasteiger partial charge in [0.2, 0.25) is 10.0 Å². The summed E-state index contributed by atoms with van der Waals surface area (Å²) < 4.78 is 78.2. The van der Waals surface area contributed by atoms with Crippen molar-refractivity contribution in [3.63, 3.8) is 0 Å².